The van der Waals surface area contributed by atoms with Crippen LogP contribution < -0.4 is 5.56 Å². The SMILES string of the molecule is CCCc1nn2c(=O)cc(-c3ccc4c(cnn4CC)c3)[nH]c2c1C#N. The molecule has 0 aliphatic carbocycles. The second-order valence-corrected chi connectivity index (χ2v) is 6.20. The molecule has 0 aliphatic rings. The standard InChI is InChI=1S/C19H18N6O/c1-3-5-15-14(10-20)19-22-16(9-18(26)25(19)23-15)12-6-7-17-13(8-12)11-21-24(17)4-2/h6-9,11,22H,3-5H2,1-2H3. The maximum absolute atomic E-state index is 12.5. The summed E-state index contributed by atoms with van der Waals surface area (Å²) in [6, 6.07) is 9.64. The molecule has 0 unspecified atom stereocenters. The molecule has 0 fully saturated rings. The van der Waals surface area contributed by atoms with Crippen molar-refractivity contribution in [3.05, 3.63) is 52.1 Å². The van der Waals surface area contributed by atoms with Gasteiger partial charge >= 0.3 is 0 Å². The quantitative estimate of drug-likeness (QED) is 0.615. The van der Waals surface area contributed by atoms with Crippen molar-refractivity contribution < 1.29 is 0 Å². The summed E-state index contributed by atoms with van der Waals surface area (Å²) in [5.74, 6) is 0. The van der Waals surface area contributed by atoms with Gasteiger partial charge in [-0.25, -0.2) is 0 Å². The molecule has 130 valence electrons. The van der Waals surface area contributed by atoms with Crippen molar-refractivity contribution in [2.45, 2.75) is 33.2 Å². The molecule has 0 atom stereocenters. The molecule has 3 heterocycles. The minimum Gasteiger partial charge on any atom is -0.338 e. The normalized spacial score (nSPS) is 11.3. The number of benzene rings is 1. The zero-order valence-corrected chi connectivity index (χ0v) is 14.7. The highest BCUT2D eigenvalue weighted by Crippen LogP contribution is 2.24. The lowest BCUT2D eigenvalue weighted by atomic mass is 10.1. The molecule has 1 aromatic carbocycles. The fraction of sp³-hybridized carbons (Fsp3) is 0.263. The van der Waals surface area contributed by atoms with Gasteiger partial charge in [-0.2, -0.15) is 20.0 Å². The number of hydrogen-bond donors (Lipinski definition) is 1. The second kappa shape index (κ2) is 6.15. The summed E-state index contributed by atoms with van der Waals surface area (Å²) >= 11 is 0. The molecule has 26 heavy (non-hydrogen) atoms. The van der Waals surface area contributed by atoms with Gasteiger partial charge in [0.1, 0.15) is 11.6 Å². The Balaban J connectivity index is 1.92. The molecule has 0 saturated carbocycles. The molecule has 4 aromatic rings. The zero-order chi connectivity index (χ0) is 18.3. The maximum atomic E-state index is 12.5. The first-order valence-corrected chi connectivity index (χ1v) is 8.67. The number of nitrogens with one attached hydrogen (secondary N) is 1. The summed E-state index contributed by atoms with van der Waals surface area (Å²) < 4.78 is 3.20. The van der Waals surface area contributed by atoms with Gasteiger partial charge in [0.25, 0.3) is 5.56 Å². The number of nitriles is 1. The third-order valence-corrected chi connectivity index (χ3v) is 4.54. The highest BCUT2D eigenvalue weighted by Gasteiger charge is 2.16. The lowest BCUT2D eigenvalue weighted by Gasteiger charge is -2.04. The number of hydrogen-bond acceptors (Lipinski definition) is 4. The third-order valence-electron chi connectivity index (χ3n) is 4.54. The molecule has 1 N–H and O–H groups in total. The second-order valence-electron chi connectivity index (χ2n) is 6.20. The lowest BCUT2D eigenvalue weighted by molar-refractivity contribution is 0.684. The van der Waals surface area contributed by atoms with E-state index in [9.17, 15) is 10.1 Å². The van der Waals surface area contributed by atoms with Crippen molar-refractivity contribution in [3.63, 3.8) is 0 Å². The number of aromatic amines is 1. The molecule has 7 nitrogen and oxygen atoms in total. The van der Waals surface area contributed by atoms with Crippen LogP contribution in [-0.4, -0.2) is 24.4 Å². The van der Waals surface area contributed by atoms with Gasteiger partial charge in [-0.05, 0) is 31.0 Å². The largest absolute Gasteiger partial charge is 0.338 e. The molecular weight excluding hydrogens is 328 g/mol. The van der Waals surface area contributed by atoms with Crippen LogP contribution in [0.15, 0.2) is 35.3 Å². The van der Waals surface area contributed by atoms with Crippen LogP contribution in [0.3, 0.4) is 0 Å². The summed E-state index contributed by atoms with van der Waals surface area (Å²) in [6.45, 7) is 4.86. The van der Waals surface area contributed by atoms with Crippen LogP contribution >= 0.6 is 0 Å². The van der Waals surface area contributed by atoms with Crippen LogP contribution in [-0.2, 0) is 13.0 Å². The number of fused-ring (bicyclic) bond motifs is 2. The first-order valence-electron chi connectivity index (χ1n) is 8.67. The van der Waals surface area contributed by atoms with Gasteiger partial charge in [0.15, 0.2) is 5.65 Å². The number of H-pyrrole nitrogens is 1. The predicted octanol–water partition coefficient (Wildman–Crippen LogP) is 2.88. The van der Waals surface area contributed by atoms with E-state index >= 15 is 0 Å². The Morgan fingerprint density at radius 2 is 2.12 bits per heavy atom. The average Bonchev–Trinajstić information content (AvgIpc) is 3.22. The lowest BCUT2D eigenvalue weighted by Crippen LogP contribution is -2.14. The van der Waals surface area contributed by atoms with Gasteiger partial charge in [0, 0.05) is 18.0 Å². The Bertz CT molecular complexity index is 1220. The fourth-order valence-corrected chi connectivity index (χ4v) is 3.28. The van der Waals surface area contributed by atoms with Crippen molar-refractivity contribution in [1.29, 1.82) is 5.26 Å². The molecular formula is C19H18N6O. The van der Waals surface area contributed by atoms with E-state index < -0.39 is 0 Å². The van der Waals surface area contributed by atoms with Crippen molar-refractivity contribution in [1.82, 2.24) is 24.4 Å². The van der Waals surface area contributed by atoms with Gasteiger partial charge < -0.3 is 4.98 Å². The molecule has 0 aliphatic heterocycles. The Kier molecular flexibility index (Phi) is 3.81. The molecule has 0 amide bonds. The van der Waals surface area contributed by atoms with E-state index in [4.69, 9.17) is 0 Å². The average molecular weight is 346 g/mol. The number of aryl methyl sites for hydroxylation is 2. The maximum Gasteiger partial charge on any atom is 0.274 e. The first kappa shape index (κ1) is 16.1. The van der Waals surface area contributed by atoms with Crippen molar-refractivity contribution >= 4 is 16.6 Å². The van der Waals surface area contributed by atoms with Gasteiger partial charge in [-0.15, -0.1) is 0 Å². The van der Waals surface area contributed by atoms with E-state index in [-0.39, 0.29) is 5.56 Å². The molecule has 7 heteroatoms. The topological polar surface area (TPSA) is 91.8 Å². The monoisotopic (exact) mass is 346 g/mol. The smallest absolute Gasteiger partial charge is 0.274 e. The predicted molar refractivity (Wildman–Crippen MR) is 98.9 cm³/mol. The highest BCUT2D eigenvalue weighted by molar-refractivity contribution is 5.84. The molecule has 4 rings (SSSR count). The van der Waals surface area contributed by atoms with Crippen molar-refractivity contribution in [3.8, 4) is 17.3 Å². The van der Waals surface area contributed by atoms with Crippen LogP contribution in [0.1, 0.15) is 31.5 Å². The molecule has 0 spiro atoms. The first-order chi connectivity index (χ1) is 12.7. The van der Waals surface area contributed by atoms with E-state index in [1.807, 2.05) is 42.9 Å². The van der Waals surface area contributed by atoms with Crippen LogP contribution in [0.4, 0.5) is 0 Å². The summed E-state index contributed by atoms with van der Waals surface area (Å²) in [7, 11) is 0. The van der Waals surface area contributed by atoms with Gasteiger partial charge in [0.2, 0.25) is 0 Å². The zero-order valence-electron chi connectivity index (χ0n) is 14.7. The Hall–Kier alpha value is -3.40. The van der Waals surface area contributed by atoms with E-state index in [0.717, 1.165) is 29.4 Å². The van der Waals surface area contributed by atoms with Crippen LogP contribution in [0.5, 0.6) is 0 Å². The number of aromatic nitrogens is 5. The molecule has 0 bridgehead atoms. The number of rotatable bonds is 4. The Labute approximate surface area is 149 Å². The van der Waals surface area contributed by atoms with E-state index in [1.165, 1.54) is 10.6 Å². The fourth-order valence-electron chi connectivity index (χ4n) is 3.28. The van der Waals surface area contributed by atoms with Crippen LogP contribution in [0, 0.1) is 11.3 Å². The van der Waals surface area contributed by atoms with E-state index in [1.54, 1.807) is 0 Å². The van der Waals surface area contributed by atoms with E-state index in [2.05, 4.69) is 21.3 Å². The third kappa shape index (κ3) is 2.39. The summed E-state index contributed by atoms with van der Waals surface area (Å²) in [5.41, 5.74) is 3.86. The molecule has 0 radical (unpaired) electrons. The summed E-state index contributed by atoms with van der Waals surface area (Å²) in [5, 5.41) is 19.2. The van der Waals surface area contributed by atoms with Crippen LogP contribution in [0.25, 0.3) is 27.8 Å². The van der Waals surface area contributed by atoms with Gasteiger partial charge in [0.05, 0.1) is 23.1 Å². The highest BCUT2D eigenvalue weighted by atomic mass is 16.1. The van der Waals surface area contributed by atoms with Crippen LogP contribution in [0.2, 0.25) is 0 Å². The Morgan fingerprint density at radius 3 is 2.85 bits per heavy atom. The van der Waals surface area contributed by atoms with Crippen molar-refractivity contribution in [2.75, 3.05) is 0 Å². The number of nitrogens with zero attached hydrogens (tertiary/aromatic N) is 5. The Morgan fingerprint density at radius 1 is 1.27 bits per heavy atom. The minimum absolute atomic E-state index is 0.253. The summed E-state index contributed by atoms with van der Waals surface area (Å²) in [6.07, 6.45) is 3.34. The molecule has 0 saturated heterocycles. The van der Waals surface area contributed by atoms with E-state index in [0.29, 0.717) is 29.0 Å². The van der Waals surface area contributed by atoms with Gasteiger partial charge in [-0.1, -0.05) is 19.4 Å². The molecule has 3 aromatic heterocycles. The van der Waals surface area contributed by atoms with Gasteiger partial charge in [-0.3, -0.25) is 9.48 Å². The van der Waals surface area contributed by atoms with Crippen molar-refractivity contribution in [2.24, 2.45) is 0 Å². The minimum atomic E-state index is -0.253. The summed E-state index contributed by atoms with van der Waals surface area (Å²) in [4.78, 5) is 15.7.